The zero-order valence-corrected chi connectivity index (χ0v) is 30.0. The fraction of sp³-hybridized carbons (Fsp3) is 0.0625. The number of aryl methyl sites for hydroxylation is 2. The molecule has 0 aliphatic heterocycles. The Morgan fingerprint density at radius 3 is 1.67 bits per heavy atom. The SMILES string of the molecule is Cc1cc(C)cc(-c2ccc3c(c2)c2ccccc2n3-c2ccc(-c3ccccc3C(F)(F)F)c(-c3nc(-c4ccccc4)nc(-c4ccccc4)n3)c2)c1. The van der Waals surface area contributed by atoms with Crippen LogP contribution in [-0.4, -0.2) is 19.5 Å². The summed E-state index contributed by atoms with van der Waals surface area (Å²) in [4.78, 5) is 14.8. The number of halogens is 3. The first-order valence-electron chi connectivity index (χ1n) is 18.0. The molecule has 0 radical (unpaired) electrons. The third-order valence-electron chi connectivity index (χ3n) is 9.95. The van der Waals surface area contributed by atoms with Gasteiger partial charge in [-0.1, -0.05) is 139 Å². The van der Waals surface area contributed by atoms with Crippen molar-refractivity contribution in [1.82, 2.24) is 19.5 Å². The molecule has 0 unspecified atom stereocenters. The van der Waals surface area contributed by atoms with E-state index in [2.05, 4.69) is 66.9 Å². The third-order valence-corrected chi connectivity index (χ3v) is 9.95. The molecule has 55 heavy (non-hydrogen) atoms. The Hall–Kier alpha value is -6.86. The van der Waals surface area contributed by atoms with Crippen LogP contribution in [0.25, 0.3) is 83.9 Å². The second kappa shape index (κ2) is 13.5. The molecule has 0 fully saturated rings. The van der Waals surface area contributed by atoms with Crippen LogP contribution in [0, 0.1) is 13.8 Å². The van der Waals surface area contributed by atoms with E-state index in [0.29, 0.717) is 22.8 Å². The quantitative estimate of drug-likeness (QED) is 0.172. The summed E-state index contributed by atoms with van der Waals surface area (Å²) in [5.41, 5.74) is 8.97. The minimum Gasteiger partial charge on any atom is -0.309 e. The van der Waals surface area contributed by atoms with Gasteiger partial charge in [0.1, 0.15) is 0 Å². The number of alkyl halides is 3. The van der Waals surface area contributed by atoms with Crippen molar-refractivity contribution in [3.8, 4) is 62.1 Å². The maximum atomic E-state index is 14.6. The molecule has 0 aliphatic rings. The molecule has 0 atom stereocenters. The van der Waals surface area contributed by atoms with E-state index in [9.17, 15) is 13.2 Å². The summed E-state index contributed by atoms with van der Waals surface area (Å²) in [5.74, 6) is 1.10. The average Bonchev–Trinajstić information content (AvgIpc) is 3.54. The molecular formula is C48H33F3N4. The summed E-state index contributed by atoms with van der Waals surface area (Å²) in [6, 6.07) is 51.5. The van der Waals surface area contributed by atoms with Crippen molar-refractivity contribution in [3.63, 3.8) is 0 Å². The van der Waals surface area contributed by atoms with Crippen molar-refractivity contribution in [3.05, 3.63) is 180 Å². The monoisotopic (exact) mass is 722 g/mol. The van der Waals surface area contributed by atoms with Crippen molar-refractivity contribution in [2.75, 3.05) is 0 Å². The standard InChI is InChI=1S/C48H33F3N4/c1-30-25-31(2)27-35(26-30)34-21-24-44-40(28-34)39-18-10-12-20-43(39)55(44)36-22-23-37(38-17-9-11-19-42(38)48(49,50)51)41(29-36)47-53-45(32-13-5-3-6-14-32)52-46(54-47)33-15-7-4-8-16-33/h3-29H,1-2H3. The van der Waals surface area contributed by atoms with Gasteiger partial charge in [0.15, 0.2) is 17.5 Å². The lowest BCUT2D eigenvalue weighted by Gasteiger charge is -2.18. The molecule has 9 aromatic rings. The fourth-order valence-corrected chi connectivity index (χ4v) is 7.56. The fourth-order valence-electron chi connectivity index (χ4n) is 7.56. The number of hydrogen-bond acceptors (Lipinski definition) is 3. The van der Waals surface area contributed by atoms with Gasteiger partial charge in [-0.15, -0.1) is 0 Å². The number of para-hydroxylation sites is 1. The molecule has 4 nitrogen and oxygen atoms in total. The molecule has 0 saturated heterocycles. The zero-order chi connectivity index (χ0) is 37.7. The highest BCUT2D eigenvalue weighted by atomic mass is 19.4. The van der Waals surface area contributed by atoms with Gasteiger partial charge in [0, 0.05) is 33.2 Å². The number of benzene rings is 7. The van der Waals surface area contributed by atoms with E-state index in [-0.39, 0.29) is 11.4 Å². The predicted molar refractivity (Wildman–Crippen MR) is 216 cm³/mol. The van der Waals surface area contributed by atoms with Gasteiger partial charge < -0.3 is 4.57 Å². The van der Waals surface area contributed by atoms with Gasteiger partial charge in [0.2, 0.25) is 0 Å². The Morgan fingerprint density at radius 1 is 0.418 bits per heavy atom. The van der Waals surface area contributed by atoms with Gasteiger partial charge in [0.05, 0.1) is 16.6 Å². The Balaban J connectivity index is 1.32. The van der Waals surface area contributed by atoms with Crippen LogP contribution in [0.15, 0.2) is 164 Å². The highest BCUT2D eigenvalue weighted by Gasteiger charge is 2.34. The molecule has 7 heteroatoms. The first kappa shape index (κ1) is 33.9. The van der Waals surface area contributed by atoms with Crippen LogP contribution in [0.3, 0.4) is 0 Å². The lowest BCUT2D eigenvalue weighted by Crippen LogP contribution is -2.08. The summed E-state index contributed by atoms with van der Waals surface area (Å²) in [6.07, 6.45) is -4.59. The first-order valence-corrected chi connectivity index (χ1v) is 18.0. The number of rotatable bonds is 6. The molecule has 9 rings (SSSR count). The topological polar surface area (TPSA) is 43.6 Å². The molecule has 7 aromatic carbocycles. The van der Waals surface area contributed by atoms with E-state index in [1.165, 1.54) is 23.3 Å². The zero-order valence-electron chi connectivity index (χ0n) is 30.0. The van der Waals surface area contributed by atoms with Crippen molar-refractivity contribution in [1.29, 1.82) is 0 Å². The second-order valence-electron chi connectivity index (χ2n) is 13.8. The van der Waals surface area contributed by atoms with Gasteiger partial charge in [-0.2, -0.15) is 13.2 Å². The van der Waals surface area contributed by atoms with E-state index in [1.54, 1.807) is 12.1 Å². The minimum atomic E-state index is -4.59. The molecule has 0 N–H and O–H groups in total. The van der Waals surface area contributed by atoms with Gasteiger partial charge in [0.25, 0.3) is 0 Å². The first-order chi connectivity index (χ1) is 26.7. The molecule has 0 spiro atoms. The van der Waals surface area contributed by atoms with Crippen LogP contribution < -0.4 is 0 Å². The van der Waals surface area contributed by atoms with E-state index < -0.39 is 11.7 Å². The number of hydrogen-bond donors (Lipinski definition) is 0. The number of aromatic nitrogens is 4. The van der Waals surface area contributed by atoms with Gasteiger partial charge in [-0.05, 0) is 72.5 Å². The van der Waals surface area contributed by atoms with Crippen LogP contribution in [-0.2, 0) is 6.18 Å². The summed E-state index contributed by atoms with van der Waals surface area (Å²) >= 11 is 0. The van der Waals surface area contributed by atoms with E-state index in [4.69, 9.17) is 15.0 Å². The van der Waals surface area contributed by atoms with Crippen molar-refractivity contribution < 1.29 is 13.2 Å². The van der Waals surface area contributed by atoms with Crippen LogP contribution in [0.4, 0.5) is 13.2 Å². The highest BCUT2D eigenvalue weighted by Crippen LogP contribution is 2.43. The molecule has 0 aliphatic carbocycles. The van der Waals surface area contributed by atoms with Crippen molar-refractivity contribution in [2.45, 2.75) is 20.0 Å². The molecule has 2 aromatic heterocycles. The van der Waals surface area contributed by atoms with Gasteiger partial charge >= 0.3 is 6.18 Å². The maximum absolute atomic E-state index is 14.6. The van der Waals surface area contributed by atoms with Crippen LogP contribution in [0.2, 0.25) is 0 Å². The smallest absolute Gasteiger partial charge is 0.309 e. The normalized spacial score (nSPS) is 11.7. The molecule has 0 bridgehead atoms. The molecule has 266 valence electrons. The highest BCUT2D eigenvalue weighted by molar-refractivity contribution is 6.10. The largest absolute Gasteiger partial charge is 0.417 e. The lowest BCUT2D eigenvalue weighted by molar-refractivity contribution is -0.137. The summed E-state index contributed by atoms with van der Waals surface area (Å²) < 4.78 is 46.1. The Bertz CT molecular complexity index is 2800. The van der Waals surface area contributed by atoms with Crippen LogP contribution in [0.1, 0.15) is 16.7 Å². The van der Waals surface area contributed by atoms with E-state index in [0.717, 1.165) is 55.8 Å². The Kier molecular flexibility index (Phi) is 8.35. The predicted octanol–water partition coefficient (Wildman–Crippen LogP) is 12.9. The average molecular weight is 723 g/mol. The van der Waals surface area contributed by atoms with Crippen molar-refractivity contribution >= 4 is 21.8 Å². The van der Waals surface area contributed by atoms with E-state index in [1.807, 2.05) is 84.9 Å². The minimum absolute atomic E-state index is 0.0415. The third kappa shape index (κ3) is 6.33. The summed E-state index contributed by atoms with van der Waals surface area (Å²) in [6.45, 7) is 4.21. The maximum Gasteiger partial charge on any atom is 0.417 e. The molecular weight excluding hydrogens is 690 g/mol. The number of fused-ring (bicyclic) bond motifs is 3. The summed E-state index contributed by atoms with van der Waals surface area (Å²) in [7, 11) is 0. The van der Waals surface area contributed by atoms with E-state index >= 15 is 0 Å². The molecule has 0 amide bonds. The molecule has 0 saturated carbocycles. The van der Waals surface area contributed by atoms with Crippen molar-refractivity contribution in [2.24, 2.45) is 0 Å². The molecule has 2 heterocycles. The Morgan fingerprint density at radius 2 is 1.00 bits per heavy atom. The Labute approximate surface area is 316 Å². The van der Waals surface area contributed by atoms with Crippen LogP contribution in [0.5, 0.6) is 0 Å². The van der Waals surface area contributed by atoms with Gasteiger partial charge in [-0.3, -0.25) is 0 Å². The second-order valence-corrected chi connectivity index (χ2v) is 13.8. The number of nitrogens with zero attached hydrogens (tertiary/aromatic N) is 4. The van der Waals surface area contributed by atoms with Crippen LogP contribution >= 0.6 is 0 Å². The van der Waals surface area contributed by atoms with Gasteiger partial charge in [-0.25, -0.2) is 15.0 Å². The lowest BCUT2D eigenvalue weighted by atomic mass is 9.94. The summed E-state index contributed by atoms with van der Waals surface area (Å²) in [5, 5.41) is 2.13.